The minimum Gasteiger partial charge on any atom is -0.540 e. The molecule has 0 aliphatic carbocycles. The predicted octanol–water partition coefficient (Wildman–Crippen LogP) is -2.67. The van der Waals surface area contributed by atoms with Crippen molar-refractivity contribution < 1.29 is 48.3 Å². The van der Waals surface area contributed by atoms with Gasteiger partial charge in [-0.15, -0.1) is 0 Å². The molecule has 0 amide bonds. The molecule has 0 saturated carbocycles. The van der Waals surface area contributed by atoms with Gasteiger partial charge in [-0.1, -0.05) is 0 Å². The zero-order valence-corrected chi connectivity index (χ0v) is 9.28. The summed E-state index contributed by atoms with van der Waals surface area (Å²) in [6.07, 6.45) is 0. The van der Waals surface area contributed by atoms with Gasteiger partial charge in [-0.3, -0.25) is 0 Å². The number of nitrogens with zero attached hydrogens (tertiary/aromatic N) is 1. The zero-order chi connectivity index (χ0) is 9.42. The Morgan fingerprint density at radius 1 is 1.50 bits per heavy atom. The maximum atomic E-state index is 12.6. The van der Waals surface area contributed by atoms with E-state index >= 15 is 0 Å². The Morgan fingerprint density at radius 2 is 2.21 bits per heavy atom. The molecule has 0 fully saturated rings. The van der Waals surface area contributed by atoms with Crippen LogP contribution in [-0.2, 0) is 0 Å². The number of rotatable bonds is 1. The molecule has 0 radical (unpaired) electrons. The van der Waals surface area contributed by atoms with Crippen LogP contribution in [0.5, 0.6) is 0 Å². The van der Waals surface area contributed by atoms with Crippen molar-refractivity contribution in [3.63, 3.8) is 0 Å². The third kappa shape index (κ3) is 1.95. The molecule has 66 valence electrons. The van der Waals surface area contributed by atoms with E-state index in [-0.39, 0.29) is 40.7 Å². The molecule has 0 unspecified atom stereocenters. The van der Waals surface area contributed by atoms with E-state index in [4.69, 9.17) is 4.42 Å². The third-order valence-electron chi connectivity index (χ3n) is 1.52. The number of halogens is 1. The molecule has 1 aromatic carbocycles. The van der Waals surface area contributed by atoms with Crippen LogP contribution >= 0.6 is 0 Å². The summed E-state index contributed by atoms with van der Waals surface area (Å²) in [5.41, 5.74) is 0.389. The van der Waals surface area contributed by atoms with Crippen molar-refractivity contribution >= 4 is 17.1 Å². The fourth-order valence-corrected chi connectivity index (χ4v) is 0.988. The molecule has 4 nitrogen and oxygen atoms in total. The predicted molar refractivity (Wildman–Crippen MR) is 38.3 cm³/mol. The van der Waals surface area contributed by atoms with Gasteiger partial charge in [-0.2, -0.15) is 0 Å². The van der Waals surface area contributed by atoms with E-state index < -0.39 is 17.7 Å². The van der Waals surface area contributed by atoms with Crippen molar-refractivity contribution in [1.82, 2.24) is 4.98 Å². The number of aromatic nitrogens is 1. The van der Waals surface area contributed by atoms with Crippen LogP contribution in [0.3, 0.4) is 0 Å². The molecule has 0 aliphatic rings. The number of carbonyl (C=O) groups is 1. The van der Waals surface area contributed by atoms with Gasteiger partial charge in [-0.05, 0) is 12.1 Å². The van der Waals surface area contributed by atoms with Crippen LogP contribution in [0.4, 0.5) is 4.39 Å². The largest absolute Gasteiger partial charge is 1.00 e. The van der Waals surface area contributed by atoms with Gasteiger partial charge in [0.2, 0.25) is 5.89 Å². The second-order valence-corrected chi connectivity index (χ2v) is 2.42. The molecule has 0 aliphatic heterocycles. The van der Waals surface area contributed by atoms with Crippen molar-refractivity contribution in [2.45, 2.75) is 0 Å². The molecule has 1 aromatic heterocycles. The number of oxazole rings is 1. The molecular formula is C8H3FNNaO3. The fourth-order valence-electron chi connectivity index (χ4n) is 0.988. The van der Waals surface area contributed by atoms with Crippen LogP contribution in [-0.4, -0.2) is 11.0 Å². The van der Waals surface area contributed by atoms with E-state index in [9.17, 15) is 14.3 Å². The molecule has 6 heteroatoms. The number of hydrogen-bond donors (Lipinski definition) is 0. The van der Waals surface area contributed by atoms with E-state index in [1.165, 1.54) is 6.07 Å². The average Bonchev–Trinajstić information content (AvgIpc) is 2.46. The van der Waals surface area contributed by atoms with Crippen LogP contribution < -0.4 is 34.7 Å². The summed E-state index contributed by atoms with van der Waals surface area (Å²) in [6.45, 7) is 0. The summed E-state index contributed by atoms with van der Waals surface area (Å²) in [5.74, 6) is -2.55. The number of carboxylic acid groups (broad SMARTS) is 1. The standard InChI is InChI=1S/C8H4FNO3.Na/c9-4-1-2-6-5(3-4)10-7(13-6)8(11)12;/h1-3H,(H,11,12);/q;+1/p-1. The molecule has 0 bridgehead atoms. The number of hydrogen-bond acceptors (Lipinski definition) is 4. The van der Waals surface area contributed by atoms with E-state index in [1.807, 2.05) is 0 Å². The Kier molecular flexibility index (Phi) is 3.25. The van der Waals surface area contributed by atoms with Crippen LogP contribution in [0, 0.1) is 5.82 Å². The number of benzene rings is 1. The molecular weight excluding hydrogens is 200 g/mol. The molecule has 14 heavy (non-hydrogen) atoms. The first kappa shape index (κ1) is 11.2. The summed E-state index contributed by atoms with van der Waals surface area (Å²) in [6, 6.07) is 3.56. The van der Waals surface area contributed by atoms with E-state index in [0.29, 0.717) is 0 Å². The number of carboxylic acids is 1. The van der Waals surface area contributed by atoms with Gasteiger partial charge in [0, 0.05) is 6.07 Å². The molecule has 0 atom stereocenters. The summed E-state index contributed by atoms with van der Waals surface area (Å²) in [7, 11) is 0. The van der Waals surface area contributed by atoms with Gasteiger partial charge >= 0.3 is 29.6 Å². The second-order valence-electron chi connectivity index (χ2n) is 2.42. The zero-order valence-electron chi connectivity index (χ0n) is 7.28. The molecule has 2 rings (SSSR count). The fraction of sp³-hybridized carbons (Fsp3) is 0. The third-order valence-corrected chi connectivity index (χ3v) is 1.52. The van der Waals surface area contributed by atoms with Crippen molar-refractivity contribution in [3.8, 4) is 0 Å². The topological polar surface area (TPSA) is 66.2 Å². The van der Waals surface area contributed by atoms with Crippen molar-refractivity contribution in [2.24, 2.45) is 0 Å². The van der Waals surface area contributed by atoms with Gasteiger partial charge in [0.25, 0.3) is 0 Å². The SMILES string of the molecule is O=C([O-])c1nc2cc(F)ccc2o1.[Na+]. The Hall–Kier alpha value is -0.910. The van der Waals surface area contributed by atoms with Gasteiger partial charge in [0.05, 0.1) is 0 Å². The van der Waals surface area contributed by atoms with Crippen LogP contribution in [0.2, 0.25) is 0 Å². The van der Waals surface area contributed by atoms with E-state index in [1.54, 1.807) is 0 Å². The maximum absolute atomic E-state index is 12.6. The molecule has 0 spiro atoms. The Labute approximate surface area is 100 Å². The Balaban J connectivity index is 0.000000980. The summed E-state index contributed by atoms with van der Waals surface area (Å²) in [4.78, 5) is 13.8. The Bertz CT molecular complexity index is 482. The van der Waals surface area contributed by atoms with Crippen molar-refractivity contribution in [2.75, 3.05) is 0 Å². The molecule has 0 saturated heterocycles. The normalized spacial score (nSPS) is 9.79. The maximum Gasteiger partial charge on any atom is 1.00 e. The first-order chi connectivity index (χ1) is 6.16. The van der Waals surface area contributed by atoms with Crippen molar-refractivity contribution in [3.05, 3.63) is 29.9 Å². The Morgan fingerprint density at radius 3 is 2.86 bits per heavy atom. The first-order valence-electron chi connectivity index (χ1n) is 3.44. The van der Waals surface area contributed by atoms with Gasteiger partial charge < -0.3 is 14.3 Å². The summed E-state index contributed by atoms with van der Waals surface area (Å²) < 4.78 is 17.3. The minimum atomic E-state index is -1.52. The minimum absolute atomic E-state index is 0. The molecule has 2 aromatic rings. The summed E-state index contributed by atoms with van der Waals surface area (Å²) >= 11 is 0. The second kappa shape index (κ2) is 4.08. The van der Waals surface area contributed by atoms with E-state index in [0.717, 1.165) is 12.1 Å². The van der Waals surface area contributed by atoms with Crippen LogP contribution in [0.25, 0.3) is 11.1 Å². The molecule has 0 N–H and O–H groups in total. The van der Waals surface area contributed by atoms with Gasteiger partial charge in [-0.25, -0.2) is 9.37 Å². The number of fused-ring (bicyclic) bond motifs is 1. The van der Waals surface area contributed by atoms with Gasteiger partial charge in [0.15, 0.2) is 5.58 Å². The van der Waals surface area contributed by atoms with Crippen LogP contribution in [0.15, 0.2) is 22.6 Å². The number of carbonyl (C=O) groups excluding carboxylic acids is 1. The average molecular weight is 203 g/mol. The summed E-state index contributed by atoms with van der Waals surface area (Å²) in [5, 5.41) is 10.3. The quantitative estimate of drug-likeness (QED) is 0.474. The van der Waals surface area contributed by atoms with Crippen molar-refractivity contribution in [1.29, 1.82) is 0 Å². The molecule has 1 heterocycles. The van der Waals surface area contributed by atoms with Crippen LogP contribution in [0.1, 0.15) is 10.7 Å². The smallest absolute Gasteiger partial charge is 0.540 e. The number of aromatic carboxylic acids is 1. The van der Waals surface area contributed by atoms with Gasteiger partial charge in [0.1, 0.15) is 17.3 Å². The monoisotopic (exact) mass is 203 g/mol. The van der Waals surface area contributed by atoms with E-state index in [2.05, 4.69) is 4.98 Å². The first-order valence-corrected chi connectivity index (χ1v) is 3.44.